The largest absolute Gasteiger partial charge is 0.491 e. The summed E-state index contributed by atoms with van der Waals surface area (Å²) in [4.78, 5) is 0. The average Bonchev–Trinajstić information content (AvgIpc) is 2.80. The molecule has 0 N–H and O–H groups in total. The first-order valence-corrected chi connectivity index (χ1v) is 6.13. The lowest BCUT2D eigenvalue weighted by atomic mass is 10.0. The van der Waals surface area contributed by atoms with Crippen LogP contribution in [0.3, 0.4) is 0 Å². The minimum absolute atomic E-state index is 0.0746. The van der Waals surface area contributed by atoms with Gasteiger partial charge in [0, 0.05) is 5.92 Å². The quantitative estimate of drug-likeness (QED) is 0.791. The molecule has 0 amide bonds. The van der Waals surface area contributed by atoms with E-state index in [1.165, 1.54) is 5.56 Å². The van der Waals surface area contributed by atoms with Gasteiger partial charge in [-0.3, -0.25) is 0 Å². The maximum absolute atomic E-state index is 9.16. The smallest absolute Gasteiger partial charge is 0.123 e. The van der Waals surface area contributed by atoms with Gasteiger partial charge in [0.25, 0.3) is 0 Å². The summed E-state index contributed by atoms with van der Waals surface area (Å²) in [7, 11) is 0. The Bertz CT molecular complexity index is 456. The fourth-order valence-corrected chi connectivity index (χ4v) is 2.56. The zero-order valence-corrected chi connectivity index (χ0v) is 10.9. The van der Waals surface area contributed by atoms with E-state index >= 15 is 0 Å². The fourth-order valence-electron chi connectivity index (χ4n) is 2.56. The van der Waals surface area contributed by atoms with Crippen molar-refractivity contribution in [2.75, 3.05) is 0 Å². The lowest BCUT2D eigenvalue weighted by Gasteiger charge is -2.14. The number of ether oxygens (including phenoxy) is 1. The number of benzene rings is 1. The van der Waals surface area contributed by atoms with E-state index in [1.54, 1.807) is 0 Å². The lowest BCUT2D eigenvalue weighted by Crippen LogP contribution is -2.07. The van der Waals surface area contributed by atoms with Gasteiger partial charge in [0.15, 0.2) is 0 Å². The van der Waals surface area contributed by atoms with Crippen molar-refractivity contribution in [2.45, 2.75) is 39.7 Å². The molecule has 0 bridgehead atoms. The van der Waals surface area contributed by atoms with Crippen LogP contribution in [-0.4, -0.2) is 6.10 Å². The summed E-state index contributed by atoms with van der Waals surface area (Å²) < 4.78 is 5.82. The van der Waals surface area contributed by atoms with Gasteiger partial charge in [-0.2, -0.15) is 5.26 Å². The molecule has 1 aromatic rings. The minimum atomic E-state index is 0.0746. The van der Waals surface area contributed by atoms with E-state index in [2.05, 4.69) is 26.0 Å². The summed E-state index contributed by atoms with van der Waals surface area (Å²) in [5.74, 6) is 1.35. The normalized spacial score (nSPS) is 25.4. The Kier molecular flexibility index (Phi) is 2.87. The highest BCUT2D eigenvalue weighted by Gasteiger charge is 2.59. The topological polar surface area (TPSA) is 33.0 Å². The van der Waals surface area contributed by atoms with E-state index in [1.807, 2.05) is 32.0 Å². The third-order valence-electron chi connectivity index (χ3n) is 3.58. The minimum Gasteiger partial charge on any atom is -0.491 e. The van der Waals surface area contributed by atoms with Crippen molar-refractivity contribution in [1.82, 2.24) is 0 Å². The molecule has 1 aliphatic carbocycles. The zero-order valence-electron chi connectivity index (χ0n) is 10.9. The number of hydrogen-bond acceptors (Lipinski definition) is 2. The Labute approximate surface area is 103 Å². The summed E-state index contributed by atoms with van der Waals surface area (Å²) >= 11 is 0. The maximum atomic E-state index is 9.16. The molecule has 17 heavy (non-hydrogen) atoms. The van der Waals surface area contributed by atoms with Gasteiger partial charge >= 0.3 is 0 Å². The van der Waals surface area contributed by atoms with E-state index in [0.29, 0.717) is 5.92 Å². The van der Waals surface area contributed by atoms with Gasteiger partial charge in [0.2, 0.25) is 0 Å². The van der Waals surface area contributed by atoms with E-state index in [9.17, 15) is 0 Å². The van der Waals surface area contributed by atoms with Crippen LogP contribution >= 0.6 is 0 Å². The monoisotopic (exact) mass is 229 g/mol. The fraction of sp³-hybridized carbons (Fsp3) is 0.533. The van der Waals surface area contributed by atoms with Gasteiger partial charge in [-0.25, -0.2) is 0 Å². The van der Waals surface area contributed by atoms with Crippen LogP contribution in [0.25, 0.3) is 0 Å². The van der Waals surface area contributed by atoms with Gasteiger partial charge in [0.1, 0.15) is 5.75 Å². The second kappa shape index (κ2) is 4.07. The Morgan fingerprint density at radius 3 is 2.47 bits per heavy atom. The molecule has 2 rings (SSSR count). The van der Waals surface area contributed by atoms with Gasteiger partial charge in [-0.1, -0.05) is 32.0 Å². The molecule has 0 saturated heterocycles. The summed E-state index contributed by atoms with van der Waals surface area (Å²) in [6, 6.07) is 10.5. The Hall–Kier alpha value is -1.49. The molecular formula is C15H19NO. The standard InChI is InChI=1S/C15H19NO/c1-10(2)17-13-8-6-5-7-11(13)14-12(9-16)15(14,3)4/h5-8,10,12,14H,1-4H3. The van der Waals surface area contributed by atoms with Gasteiger partial charge in [-0.05, 0) is 30.9 Å². The van der Waals surface area contributed by atoms with Crippen molar-refractivity contribution in [1.29, 1.82) is 5.26 Å². The summed E-state index contributed by atoms with van der Waals surface area (Å²) in [6.45, 7) is 8.35. The van der Waals surface area contributed by atoms with Crippen molar-refractivity contribution >= 4 is 0 Å². The van der Waals surface area contributed by atoms with Crippen molar-refractivity contribution in [2.24, 2.45) is 11.3 Å². The molecule has 1 aromatic carbocycles. The number of nitrogens with zero attached hydrogens (tertiary/aromatic N) is 1. The summed E-state index contributed by atoms with van der Waals surface area (Å²) in [6.07, 6.45) is 0.165. The third-order valence-corrected chi connectivity index (χ3v) is 3.58. The molecule has 90 valence electrons. The first kappa shape index (κ1) is 12.0. The number of para-hydroxylation sites is 1. The van der Waals surface area contributed by atoms with Crippen LogP contribution in [-0.2, 0) is 0 Å². The van der Waals surface area contributed by atoms with Crippen LogP contribution in [0.4, 0.5) is 0 Å². The van der Waals surface area contributed by atoms with E-state index in [-0.39, 0.29) is 17.4 Å². The molecule has 1 fully saturated rings. The molecule has 0 heterocycles. The molecule has 0 aromatic heterocycles. The lowest BCUT2D eigenvalue weighted by molar-refractivity contribution is 0.239. The molecule has 2 atom stereocenters. The molecule has 2 heteroatoms. The van der Waals surface area contributed by atoms with E-state index in [0.717, 1.165) is 5.75 Å². The first-order chi connectivity index (χ1) is 7.98. The van der Waals surface area contributed by atoms with Crippen LogP contribution in [0, 0.1) is 22.7 Å². The predicted molar refractivity (Wildman–Crippen MR) is 67.8 cm³/mol. The molecule has 2 unspecified atom stereocenters. The number of rotatable bonds is 3. The number of hydrogen-bond donors (Lipinski definition) is 0. The molecule has 0 radical (unpaired) electrons. The SMILES string of the molecule is CC(C)Oc1ccccc1C1C(C#N)C1(C)C. The van der Waals surface area contributed by atoms with Crippen LogP contribution in [0.2, 0.25) is 0 Å². The highest BCUT2D eigenvalue weighted by molar-refractivity contribution is 5.44. The highest BCUT2D eigenvalue weighted by Crippen LogP contribution is 2.65. The molecule has 2 nitrogen and oxygen atoms in total. The van der Waals surface area contributed by atoms with Gasteiger partial charge in [0.05, 0.1) is 18.1 Å². The van der Waals surface area contributed by atoms with Crippen LogP contribution < -0.4 is 4.74 Å². The molecule has 1 aliphatic rings. The third kappa shape index (κ3) is 2.02. The second-order valence-corrected chi connectivity index (χ2v) is 5.61. The van der Waals surface area contributed by atoms with Gasteiger partial charge < -0.3 is 4.74 Å². The summed E-state index contributed by atoms with van der Waals surface area (Å²) in [5.41, 5.74) is 1.25. The van der Waals surface area contributed by atoms with Crippen molar-refractivity contribution in [3.63, 3.8) is 0 Å². The molecule has 0 spiro atoms. The maximum Gasteiger partial charge on any atom is 0.123 e. The Morgan fingerprint density at radius 2 is 1.94 bits per heavy atom. The van der Waals surface area contributed by atoms with Gasteiger partial charge in [-0.15, -0.1) is 0 Å². The van der Waals surface area contributed by atoms with Crippen molar-refractivity contribution < 1.29 is 4.74 Å². The Morgan fingerprint density at radius 1 is 1.29 bits per heavy atom. The average molecular weight is 229 g/mol. The zero-order chi connectivity index (χ0) is 12.6. The molecule has 1 saturated carbocycles. The van der Waals surface area contributed by atoms with Crippen LogP contribution in [0.1, 0.15) is 39.2 Å². The van der Waals surface area contributed by atoms with Crippen LogP contribution in [0.15, 0.2) is 24.3 Å². The predicted octanol–water partition coefficient (Wildman–Crippen LogP) is 3.74. The van der Waals surface area contributed by atoms with Crippen molar-refractivity contribution in [3.8, 4) is 11.8 Å². The second-order valence-electron chi connectivity index (χ2n) is 5.61. The number of nitriles is 1. The van der Waals surface area contributed by atoms with Crippen molar-refractivity contribution in [3.05, 3.63) is 29.8 Å². The highest BCUT2D eigenvalue weighted by atomic mass is 16.5. The molecular weight excluding hydrogens is 210 g/mol. The van der Waals surface area contributed by atoms with Crippen LogP contribution in [0.5, 0.6) is 5.75 Å². The summed E-state index contributed by atoms with van der Waals surface area (Å²) in [5, 5.41) is 9.16. The molecule has 0 aliphatic heterocycles. The Balaban J connectivity index is 2.32. The van der Waals surface area contributed by atoms with E-state index in [4.69, 9.17) is 10.00 Å². The first-order valence-electron chi connectivity index (χ1n) is 6.13. The van der Waals surface area contributed by atoms with E-state index < -0.39 is 0 Å².